The highest BCUT2D eigenvalue weighted by atomic mass is 19.1. The summed E-state index contributed by atoms with van der Waals surface area (Å²) in [7, 11) is 1.55. The average Bonchev–Trinajstić information content (AvgIpc) is 2.63. The van der Waals surface area contributed by atoms with Crippen LogP contribution in [0.3, 0.4) is 0 Å². The molecule has 0 fully saturated rings. The Morgan fingerprint density at radius 3 is 2.64 bits per heavy atom. The minimum atomic E-state index is -0.382. The Labute approximate surface area is 146 Å². The third-order valence-corrected chi connectivity index (χ3v) is 4.22. The number of amides is 1. The SMILES string of the molecule is CO[C@H](CNC(=O)Cc1cccc2ccccc12)c1cccc(F)c1. The van der Waals surface area contributed by atoms with E-state index >= 15 is 0 Å². The fourth-order valence-corrected chi connectivity index (χ4v) is 2.93. The Hall–Kier alpha value is -2.72. The van der Waals surface area contributed by atoms with Crippen LogP contribution in [0.15, 0.2) is 66.7 Å². The quantitative estimate of drug-likeness (QED) is 0.738. The Kier molecular flexibility index (Phi) is 5.41. The average molecular weight is 337 g/mol. The summed E-state index contributed by atoms with van der Waals surface area (Å²) in [5, 5.41) is 5.07. The summed E-state index contributed by atoms with van der Waals surface area (Å²) in [5.74, 6) is -0.406. The number of fused-ring (bicyclic) bond motifs is 1. The second-order valence-corrected chi connectivity index (χ2v) is 5.90. The third-order valence-electron chi connectivity index (χ3n) is 4.22. The third kappa shape index (κ3) is 4.22. The zero-order chi connectivity index (χ0) is 17.6. The topological polar surface area (TPSA) is 38.3 Å². The van der Waals surface area contributed by atoms with E-state index in [9.17, 15) is 9.18 Å². The van der Waals surface area contributed by atoms with Crippen LogP contribution in [0.1, 0.15) is 17.2 Å². The first-order valence-corrected chi connectivity index (χ1v) is 8.19. The van der Waals surface area contributed by atoms with Crippen molar-refractivity contribution in [2.24, 2.45) is 0 Å². The summed E-state index contributed by atoms with van der Waals surface area (Å²) in [4.78, 5) is 12.3. The molecular formula is C21H20FNO2. The summed E-state index contributed by atoms with van der Waals surface area (Å²) < 4.78 is 18.7. The number of carbonyl (C=O) groups excluding carboxylic acids is 1. The Balaban J connectivity index is 1.66. The number of benzene rings is 3. The molecule has 4 heteroatoms. The molecular weight excluding hydrogens is 317 g/mol. The molecule has 3 rings (SSSR count). The maximum absolute atomic E-state index is 13.4. The highest BCUT2D eigenvalue weighted by molar-refractivity contribution is 5.90. The van der Waals surface area contributed by atoms with E-state index in [0.29, 0.717) is 18.5 Å². The molecule has 0 radical (unpaired) electrons. The number of hydrogen-bond donors (Lipinski definition) is 1. The molecule has 0 aliphatic rings. The molecule has 25 heavy (non-hydrogen) atoms. The molecule has 0 spiro atoms. The van der Waals surface area contributed by atoms with Gasteiger partial charge in [0, 0.05) is 13.7 Å². The van der Waals surface area contributed by atoms with E-state index in [1.807, 2.05) is 42.5 Å². The number of carbonyl (C=O) groups is 1. The molecule has 3 nitrogen and oxygen atoms in total. The van der Waals surface area contributed by atoms with E-state index in [2.05, 4.69) is 5.32 Å². The first kappa shape index (κ1) is 17.1. The van der Waals surface area contributed by atoms with E-state index in [4.69, 9.17) is 4.74 Å². The molecule has 0 aliphatic heterocycles. The van der Waals surface area contributed by atoms with Gasteiger partial charge in [-0.3, -0.25) is 4.79 Å². The summed E-state index contributed by atoms with van der Waals surface area (Å²) in [6.07, 6.45) is -0.0897. The standard InChI is InChI=1S/C21H20FNO2/c1-25-20(17-9-5-10-18(22)12-17)14-23-21(24)13-16-8-4-7-15-6-2-3-11-19(15)16/h2-12,20H,13-14H2,1H3,(H,23,24)/t20-/m1/s1. The van der Waals surface area contributed by atoms with Crippen molar-refractivity contribution in [3.63, 3.8) is 0 Å². The molecule has 3 aromatic carbocycles. The normalized spacial score (nSPS) is 12.1. The smallest absolute Gasteiger partial charge is 0.224 e. The molecule has 3 aromatic rings. The predicted molar refractivity (Wildman–Crippen MR) is 96.8 cm³/mol. The van der Waals surface area contributed by atoms with E-state index in [-0.39, 0.29) is 17.8 Å². The molecule has 128 valence electrons. The lowest BCUT2D eigenvalue weighted by Gasteiger charge is -2.17. The van der Waals surface area contributed by atoms with Gasteiger partial charge >= 0.3 is 0 Å². The summed E-state index contributed by atoms with van der Waals surface area (Å²) in [6, 6.07) is 20.2. The van der Waals surface area contributed by atoms with E-state index in [1.165, 1.54) is 12.1 Å². The number of methoxy groups -OCH3 is 1. The van der Waals surface area contributed by atoms with Crippen LogP contribution in [-0.4, -0.2) is 19.6 Å². The van der Waals surface area contributed by atoms with E-state index in [1.54, 1.807) is 19.2 Å². The van der Waals surface area contributed by atoms with Crippen molar-refractivity contribution in [1.29, 1.82) is 0 Å². The molecule has 0 bridgehead atoms. The molecule has 0 saturated carbocycles. The Morgan fingerprint density at radius 2 is 1.84 bits per heavy atom. The van der Waals surface area contributed by atoms with Crippen LogP contribution in [0.5, 0.6) is 0 Å². The second-order valence-electron chi connectivity index (χ2n) is 5.90. The lowest BCUT2D eigenvalue weighted by Crippen LogP contribution is -2.30. The second kappa shape index (κ2) is 7.90. The first-order valence-electron chi connectivity index (χ1n) is 8.19. The van der Waals surface area contributed by atoms with Crippen molar-refractivity contribution in [3.8, 4) is 0 Å². The number of nitrogens with one attached hydrogen (secondary N) is 1. The van der Waals surface area contributed by atoms with Gasteiger partial charge in [-0.25, -0.2) is 4.39 Å². The van der Waals surface area contributed by atoms with Gasteiger partial charge < -0.3 is 10.1 Å². The van der Waals surface area contributed by atoms with Crippen molar-refractivity contribution in [2.75, 3.05) is 13.7 Å². The predicted octanol–water partition coefficient (Wildman–Crippen LogP) is 4.03. The van der Waals surface area contributed by atoms with Gasteiger partial charge in [-0.15, -0.1) is 0 Å². The highest BCUT2D eigenvalue weighted by Gasteiger charge is 2.13. The lowest BCUT2D eigenvalue weighted by atomic mass is 10.0. The van der Waals surface area contributed by atoms with Crippen LogP contribution in [0.2, 0.25) is 0 Å². The van der Waals surface area contributed by atoms with Crippen LogP contribution in [-0.2, 0) is 16.0 Å². The first-order chi connectivity index (χ1) is 12.2. The van der Waals surface area contributed by atoms with Gasteiger partial charge in [-0.1, -0.05) is 54.6 Å². The Morgan fingerprint density at radius 1 is 1.08 bits per heavy atom. The van der Waals surface area contributed by atoms with Crippen LogP contribution in [0.25, 0.3) is 10.8 Å². The molecule has 1 amide bonds. The fraction of sp³-hybridized carbons (Fsp3) is 0.190. The molecule has 0 heterocycles. The minimum Gasteiger partial charge on any atom is -0.375 e. The van der Waals surface area contributed by atoms with Gasteiger partial charge in [0.05, 0.1) is 12.5 Å². The van der Waals surface area contributed by atoms with Gasteiger partial charge in [0.1, 0.15) is 5.82 Å². The van der Waals surface area contributed by atoms with Crippen LogP contribution >= 0.6 is 0 Å². The molecule has 0 aliphatic carbocycles. The highest BCUT2D eigenvalue weighted by Crippen LogP contribution is 2.19. The Bertz CT molecular complexity index is 873. The summed E-state index contributed by atoms with van der Waals surface area (Å²) in [6.45, 7) is 0.295. The molecule has 0 unspecified atom stereocenters. The minimum absolute atomic E-state index is 0.0881. The largest absolute Gasteiger partial charge is 0.375 e. The van der Waals surface area contributed by atoms with Crippen LogP contribution < -0.4 is 5.32 Å². The number of rotatable bonds is 6. The van der Waals surface area contributed by atoms with E-state index < -0.39 is 0 Å². The zero-order valence-corrected chi connectivity index (χ0v) is 14.0. The monoisotopic (exact) mass is 337 g/mol. The van der Waals surface area contributed by atoms with Crippen molar-refractivity contribution >= 4 is 16.7 Å². The van der Waals surface area contributed by atoms with Crippen molar-refractivity contribution in [3.05, 3.63) is 83.7 Å². The van der Waals surface area contributed by atoms with Crippen molar-refractivity contribution in [1.82, 2.24) is 5.32 Å². The zero-order valence-electron chi connectivity index (χ0n) is 14.0. The number of ether oxygens (including phenoxy) is 1. The molecule has 0 aromatic heterocycles. The fourth-order valence-electron chi connectivity index (χ4n) is 2.93. The lowest BCUT2D eigenvalue weighted by molar-refractivity contribution is -0.121. The molecule has 1 N–H and O–H groups in total. The van der Waals surface area contributed by atoms with Gasteiger partial charge in [0.2, 0.25) is 5.91 Å². The maximum Gasteiger partial charge on any atom is 0.224 e. The summed E-state index contributed by atoms with van der Waals surface area (Å²) >= 11 is 0. The summed E-state index contributed by atoms with van der Waals surface area (Å²) in [5.41, 5.74) is 1.68. The maximum atomic E-state index is 13.4. The number of hydrogen-bond acceptors (Lipinski definition) is 2. The van der Waals surface area contributed by atoms with E-state index in [0.717, 1.165) is 16.3 Å². The van der Waals surface area contributed by atoms with Gasteiger partial charge in [0.15, 0.2) is 0 Å². The van der Waals surface area contributed by atoms with Crippen LogP contribution in [0.4, 0.5) is 4.39 Å². The van der Waals surface area contributed by atoms with Gasteiger partial charge in [0.25, 0.3) is 0 Å². The van der Waals surface area contributed by atoms with Crippen molar-refractivity contribution in [2.45, 2.75) is 12.5 Å². The van der Waals surface area contributed by atoms with Crippen molar-refractivity contribution < 1.29 is 13.9 Å². The molecule has 1 atom stereocenters. The van der Waals surface area contributed by atoms with Gasteiger partial charge in [-0.05, 0) is 34.0 Å². The molecule has 0 saturated heterocycles. The van der Waals surface area contributed by atoms with Gasteiger partial charge in [-0.2, -0.15) is 0 Å². The van der Waals surface area contributed by atoms with Crippen LogP contribution in [0, 0.1) is 5.82 Å². The number of halogens is 1.